The summed E-state index contributed by atoms with van der Waals surface area (Å²) in [6.45, 7) is 3.94. The van der Waals surface area contributed by atoms with Gasteiger partial charge < -0.3 is 0 Å². The average Bonchev–Trinajstić information content (AvgIpc) is 1.99. The zero-order valence-electron chi connectivity index (χ0n) is 6.52. The second kappa shape index (κ2) is 3.18. The Morgan fingerprint density at radius 2 is 2.00 bits per heavy atom. The van der Waals surface area contributed by atoms with E-state index in [9.17, 15) is 4.79 Å². The topological polar surface area (TPSA) is 17.1 Å². The van der Waals surface area contributed by atoms with Gasteiger partial charge in [-0.05, 0) is 31.0 Å². The predicted molar refractivity (Wildman–Crippen MR) is 49.0 cm³/mol. The molecule has 0 fully saturated rings. The molecule has 1 aromatic rings. The number of carbonyl (C=O) groups excluding carboxylic acids is 1. The van der Waals surface area contributed by atoms with Crippen LogP contribution in [-0.4, -0.2) is 6.29 Å². The molecule has 0 atom stereocenters. The van der Waals surface area contributed by atoms with Gasteiger partial charge in [0.25, 0.3) is 0 Å². The minimum Gasteiger partial charge on any atom is -0.298 e. The van der Waals surface area contributed by atoms with Crippen LogP contribution in [0.2, 0.25) is 0 Å². The van der Waals surface area contributed by atoms with E-state index in [2.05, 4.69) is 15.9 Å². The second-order valence-electron chi connectivity index (χ2n) is 2.52. The molecule has 0 N–H and O–H groups in total. The van der Waals surface area contributed by atoms with Crippen LogP contribution in [0.25, 0.3) is 0 Å². The summed E-state index contributed by atoms with van der Waals surface area (Å²) >= 11 is 3.31. The van der Waals surface area contributed by atoms with Crippen molar-refractivity contribution in [2.75, 3.05) is 0 Å². The van der Waals surface area contributed by atoms with Crippen molar-refractivity contribution in [1.29, 1.82) is 0 Å². The van der Waals surface area contributed by atoms with Gasteiger partial charge in [-0.3, -0.25) is 4.79 Å². The van der Waals surface area contributed by atoms with Crippen molar-refractivity contribution in [1.82, 2.24) is 0 Å². The monoisotopic (exact) mass is 212 g/mol. The molecule has 0 spiro atoms. The third kappa shape index (κ3) is 1.51. The van der Waals surface area contributed by atoms with E-state index in [1.807, 2.05) is 26.0 Å². The molecule has 0 bridgehead atoms. The first-order valence-electron chi connectivity index (χ1n) is 3.37. The van der Waals surface area contributed by atoms with Crippen LogP contribution in [0.15, 0.2) is 16.6 Å². The van der Waals surface area contributed by atoms with Crippen LogP contribution < -0.4 is 0 Å². The van der Waals surface area contributed by atoms with Gasteiger partial charge in [-0.1, -0.05) is 22.0 Å². The molecule has 0 aliphatic heterocycles. The van der Waals surface area contributed by atoms with Gasteiger partial charge in [-0.2, -0.15) is 0 Å². The molecular formula is C9H9BrO. The summed E-state index contributed by atoms with van der Waals surface area (Å²) in [5.41, 5.74) is 2.95. The molecule has 0 saturated carbocycles. The number of hydrogen-bond acceptors (Lipinski definition) is 1. The van der Waals surface area contributed by atoms with Crippen molar-refractivity contribution in [3.8, 4) is 0 Å². The lowest BCUT2D eigenvalue weighted by Gasteiger charge is -2.03. The Hall–Kier alpha value is -0.630. The van der Waals surface area contributed by atoms with Gasteiger partial charge in [0, 0.05) is 10.0 Å². The summed E-state index contributed by atoms with van der Waals surface area (Å²) in [4.78, 5) is 10.6. The van der Waals surface area contributed by atoms with Crippen LogP contribution in [0.1, 0.15) is 21.5 Å². The van der Waals surface area contributed by atoms with Crippen molar-refractivity contribution >= 4 is 22.2 Å². The van der Waals surface area contributed by atoms with Gasteiger partial charge in [-0.15, -0.1) is 0 Å². The summed E-state index contributed by atoms with van der Waals surface area (Å²) in [6.07, 6.45) is 0.881. The SMILES string of the molecule is Cc1ccc(Br)c(C=O)c1C. The quantitative estimate of drug-likeness (QED) is 0.655. The number of halogens is 1. The maximum absolute atomic E-state index is 10.6. The Balaban J connectivity index is 3.40. The van der Waals surface area contributed by atoms with E-state index in [4.69, 9.17) is 0 Å². The molecule has 58 valence electrons. The molecule has 0 radical (unpaired) electrons. The maximum atomic E-state index is 10.6. The minimum absolute atomic E-state index is 0.755. The Labute approximate surface area is 74.6 Å². The number of carbonyl (C=O) groups is 1. The molecule has 1 aromatic carbocycles. The molecule has 11 heavy (non-hydrogen) atoms. The van der Waals surface area contributed by atoms with Gasteiger partial charge in [0.2, 0.25) is 0 Å². The standard InChI is InChI=1S/C9H9BrO/c1-6-3-4-9(10)8(5-11)7(6)2/h3-5H,1-2H3. The first-order valence-corrected chi connectivity index (χ1v) is 4.17. The highest BCUT2D eigenvalue weighted by atomic mass is 79.9. The Morgan fingerprint density at radius 3 is 2.45 bits per heavy atom. The lowest BCUT2D eigenvalue weighted by Crippen LogP contribution is -1.90. The fourth-order valence-corrected chi connectivity index (χ4v) is 1.47. The molecule has 0 unspecified atom stereocenters. The average molecular weight is 213 g/mol. The summed E-state index contributed by atoms with van der Waals surface area (Å²) in [5.74, 6) is 0. The molecule has 1 nitrogen and oxygen atoms in total. The molecule has 0 aromatic heterocycles. The molecule has 0 heterocycles. The Bertz CT molecular complexity index is 292. The van der Waals surface area contributed by atoms with Gasteiger partial charge in [-0.25, -0.2) is 0 Å². The fraction of sp³-hybridized carbons (Fsp3) is 0.222. The summed E-state index contributed by atoms with van der Waals surface area (Å²) in [7, 11) is 0. The smallest absolute Gasteiger partial charge is 0.151 e. The Morgan fingerprint density at radius 1 is 1.36 bits per heavy atom. The molecule has 0 aliphatic carbocycles. The number of aldehydes is 1. The van der Waals surface area contributed by atoms with Gasteiger partial charge in [0.05, 0.1) is 0 Å². The number of aryl methyl sites for hydroxylation is 1. The summed E-state index contributed by atoms with van der Waals surface area (Å²) in [6, 6.07) is 3.89. The maximum Gasteiger partial charge on any atom is 0.151 e. The highest BCUT2D eigenvalue weighted by Gasteiger charge is 2.03. The van der Waals surface area contributed by atoms with E-state index in [-0.39, 0.29) is 0 Å². The van der Waals surface area contributed by atoms with Crippen molar-refractivity contribution in [3.05, 3.63) is 33.3 Å². The van der Waals surface area contributed by atoms with Crippen molar-refractivity contribution in [2.45, 2.75) is 13.8 Å². The van der Waals surface area contributed by atoms with Crippen LogP contribution in [0, 0.1) is 13.8 Å². The van der Waals surface area contributed by atoms with Crippen LogP contribution >= 0.6 is 15.9 Å². The minimum atomic E-state index is 0.755. The zero-order valence-corrected chi connectivity index (χ0v) is 8.10. The highest BCUT2D eigenvalue weighted by molar-refractivity contribution is 9.10. The van der Waals surface area contributed by atoms with E-state index in [0.29, 0.717) is 0 Å². The third-order valence-corrected chi connectivity index (χ3v) is 2.54. The first kappa shape index (κ1) is 8.47. The van der Waals surface area contributed by atoms with Crippen LogP contribution in [0.3, 0.4) is 0 Å². The van der Waals surface area contributed by atoms with Crippen LogP contribution in [-0.2, 0) is 0 Å². The van der Waals surface area contributed by atoms with E-state index in [0.717, 1.165) is 27.4 Å². The summed E-state index contributed by atoms with van der Waals surface area (Å²) in [5, 5.41) is 0. The van der Waals surface area contributed by atoms with Gasteiger partial charge in [0.15, 0.2) is 6.29 Å². The number of benzene rings is 1. The van der Waals surface area contributed by atoms with E-state index < -0.39 is 0 Å². The van der Waals surface area contributed by atoms with Crippen molar-refractivity contribution < 1.29 is 4.79 Å². The van der Waals surface area contributed by atoms with E-state index in [1.54, 1.807) is 0 Å². The van der Waals surface area contributed by atoms with Crippen molar-refractivity contribution in [3.63, 3.8) is 0 Å². The van der Waals surface area contributed by atoms with Gasteiger partial charge in [0.1, 0.15) is 0 Å². The van der Waals surface area contributed by atoms with Gasteiger partial charge >= 0.3 is 0 Å². The molecule has 0 saturated heterocycles. The lowest BCUT2D eigenvalue weighted by atomic mass is 10.1. The van der Waals surface area contributed by atoms with E-state index in [1.165, 1.54) is 0 Å². The molecule has 2 heteroatoms. The predicted octanol–water partition coefficient (Wildman–Crippen LogP) is 2.88. The second-order valence-corrected chi connectivity index (χ2v) is 3.38. The highest BCUT2D eigenvalue weighted by Crippen LogP contribution is 2.20. The van der Waals surface area contributed by atoms with Crippen molar-refractivity contribution in [2.24, 2.45) is 0 Å². The first-order chi connectivity index (χ1) is 5.16. The molecule has 0 aliphatic rings. The molecule has 0 amide bonds. The lowest BCUT2D eigenvalue weighted by molar-refractivity contribution is 0.112. The van der Waals surface area contributed by atoms with Crippen LogP contribution in [0.5, 0.6) is 0 Å². The summed E-state index contributed by atoms with van der Waals surface area (Å²) < 4.78 is 0.871. The number of hydrogen-bond donors (Lipinski definition) is 0. The molecular weight excluding hydrogens is 204 g/mol. The normalized spacial score (nSPS) is 9.73. The van der Waals surface area contributed by atoms with Crippen LogP contribution in [0.4, 0.5) is 0 Å². The zero-order chi connectivity index (χ0) is 8.43. The van der Waals surface area contributed by atoms with E-state index >= 15 is 0 Å². The third-order valence-electron chi connectivity index (χ3n) is 1.85. The Kier molecular flexibility index (Phi) is 2.45. The number of rotatable bonds is 1. The molecule has 1 rings (SSSR count). The largest absolute Gasteiger partial charge is 0.298 e. The fourth-order valence-electron chi connectivity index (χ4n) is 0.949.